The fraction of sp³-hybridized carbons (Fsp3) is 0.409. The molecule has 1 N–H and O–H groups in total. The number of sulfonamides is 1. The number of para-hydroxylation sites is 1. The van der Waals surface area contributed by atoms with Crippen LogP contribution >= 0.6 is 0 Å². The molecule has 1 aliphatic rings. The standard InChI is InChI=1S/C22H28N2O5S/c1-15(24(30(5,26)27)16-9-7-6-8-10-16)21(25)23-19-14-22(2,3)29-20-12-11-17(28-4)13-18(19)20/h6-13,15,19H,14H2,1-5H3,(H,23,25). The minimum atomic E-state index is -3.67. The molecule has 7 nitrogen and oxygen atoms in total. The van der Waals surface area contributed by atoms with Gasteiger partial charge in [0.05, 0.1) is 25.1 Å². The van der Waals surface area contributed by atoms with Gasteiger partial charge in [-0.2, -0.15) is 0 Å². The van der Waals surface area contributed by atoms with Crippen molar-refractivity contribution in [1.82, 2.24) is 5.32 Å². The summed E-state index contributed by atoms with van der Waals surface area (Å²) in [6.07, 6.45) is 1.64. The third kappa shape index (κ3) is 4.70. The van der Waals surface area contributed by atoms with Crippen molar-refractivity contribution in [1.29, 1.82) is 0 Å². The van der Waals surface area contributed by atoms with E-state index in [1.807, 2.05) is 32.0 Å². The van der Waals surface area contributed by atoms with Crippen molar-refractivity contribution in [2.75, 3.05) is 17.7 Å². The number of methoxy groups -OCH3 is 1. The lowest BCUT2D eigenvalue weighted by atomic mass is 9.89. The molecule has 1 heterocycles. The molecule has 0 radical (unpaired) electrons. The van der Waals surface area contributed by atoms with Gasteiger partial charge in [0.1, 0.15) is 23.1 Å². The second-order valence-electron chi connectivity index (χ2n) is 8.10. The zero-order valence-corrected chi connectivity index (χ0v) is 18.7. The molecule has 8 heteroatoms. The van der Waals surface area contributed by atoms with E-state index in [0.717, 1.165) is 16.1 Å². The van der Waals surface area contributed by atoms with E-state index in [1.54, 1.807) is 44.4 Å². The summed E-state index contributed by atoms with van der Waals surface area (Å²) >= 11 is 0. The van der Waals surface area contributed by atoms with Gasteiger partial charge in [0.2, 0.25) is 15.9 Å². The fourth-order valence-corrected chi connectivity index (χ4v) is 4.94. The molecule has 0 fully saturated rings. The number of hydrogen-bond donors (Lipinski definition) is 1. The number of anilines is 1. The lowest BCUT2D eigenvalue weighted by molar-refractivity contribution is -0.123. The average molecular weight is 433 g/mol. The molecule has 2 aromatic rings. The summed E-state index contributed by atoms with van der Waals surface area (Å²) in [4.78, 5) is 13.2. The second-order valence-corrected chi connectivity index (χ2v) is 9.96. The van der Waals surface area contributed by atoms with Gasteiger partial charge in [-0.3, -0.25) is 9.10 Å². The highest BCUT2D eigenvalue weighted by atomic mass is 32.2. The summed E-state index contributed by atoms with van der Waals surface area (Å²) in [7, 11) is -2.09. The van der Waals surface area contributed by atoms with Crippen molar-refractivity contribution >= 4 is 21.6 Å². The van der Waals surface area contributed by atoms with Crippen LogP contribution in [-0.4, -0.2) is 39.3 Å². The highest BCUT2D eigenvalue weighted by molar-refractivity contribution is 7.92. The first-order valence-electron chi connectivity index (χ1n) is 9.73. The van der Waals surface area contributed by atoms with E-state index in [-0.39, 0.29) is 11.9 Å². The molecule has 2 aromatic carbocycles. The smallest absolute Gasteiger partial charge is 0.244 e. The van der Waals surface area contributed by atoms with Crippen molar-refractivity contribution in [2.24, 2.45) is 0 Å². The summed E-state index contributed by atoms with van der Waals surface area (Å²) < 4.78 is 37.4. The van der Waals surface area contributed by atoms with Crippen molar-refractivity contribution < 1.29 is 22.7 Å². The van der Waals surface area contributed by atoms with E-state index in [2.05, 4.69) is 5.32 Å². The number of nitrogens with zero attached hydrogens (tertiary/aromatic N) is 1. The number of amides is 1. The first-order chi connectivity index (χ1) is 14.0. The number of fused-ring (bicyclic) bond motifs is 1. The topological polar surface area (TPSA) is 84.9 Å². The summed E-state index contributed by atoms with van der Waals surface area (Å²) in [5, 5.41) is 3.02. The molecule has 2 unspecified atom stereocenters. The monoisotopic (exact) mass is 432 g/mol. The van der Waals surface area contributed by atoms with Gasteiger partial charge in [-0.05, 0) is 51.1 Å². The Hall–Kier alpha value is -2.74. The molecule has 0 aliphatic carbocycles. The Morgan fingerprint density at radius 1 is 1.23 bits per heavy atom. The number of carbonyl (C=O) groups excluding carboxylic acids is 1. The lowest BCUT2D eigenvalue weighted by Crippen LogP contribution is -2.50. The number of carbonyl (C=O) groups is 1. The highest BCUT2D eigenvalue weighted by Crippen LogP contribution is 2.41. The molecule has 2 atom stereocenters. The number of rotatable bonds is 6. The Kier molecular flexibility index (Phi) is 5.99. The molecule has 30 heavy (non-hydrogen) atoms. The first kappa shape index (κ1) is 22.0. The molecular formula is C22H28N2O5S. The van der Waals surface area contributed by atoms with Gasteiger partial charge in [-0.25, -0.2) is 8.42 Å². The highest BCUT2D eigenvalue weighted by Gasteiger charge is 2.37. The number of benzene rings is 2. The summed E-state index contributed by atoms with van der Waals surface area (Å²) in [6.45, 7) is 5.49. The molecule has 0 saturated heterocycles. The number of nitrogens with one attached hydrogen (secondary N) is 1. The molecule has 3 rings (SSSR count). The van der Waals surface area contributed by atoms with Crippen LogP contribution in [0, 0.1) is 0 Å². The molecule has 0 aromatic heterocycles. The quantitative estimate of drug-likeness (QED) is 0.757. The third-order valence-corrected chi connectivity index (χ3v) is 6.33. The van der Waals surface area contributed by atoms with Crippen LogP contribution in [0.5, 0.6) is 11.5 Å². The molecule has 1 amide bonds. The van der Waals surface area contributed by atoms with Crippen LogP contribution in [0.4, 0.5) is 5.69 Å². The maximum Gasteiger partial charge on any atom is 0.244 e. The van der Waals surface area contributed by atoms with E-state index >= 15 is 0 Å². The SMILES string of the molecule is COc1ccc2c(c1)C(NC(=O)C(C)N(c1ccccc1)S(C)(=O)=O)CC(C)(C)O2. The van der Waals surface area contributed by atoms with Crippen LogP contribution in [0.25, 0.3) is 0 Å². The van der Waals surface area contributed by atoms with E-state index in [9.17, 15) is 13.2 Å². The maximum absolute atomic E-state index is 13.2. The average Bonchev–Trinajstić information content (AvgIpc) is 2.66. The first-order valence-corrected chi connectivity index (χ1v) is 11.6. The van der Waals surface area contributed by atoms with Crippen molar-refractivity contribution in [3.8, 4) is 11.5 Å². The van der Waals surface area contributed by atoms with Crippen LogP contribution in [-0.2, 0) is 14.8 Å². The van der Waals surface area contributed by atoms with Crippen LogP contribution in [0.3, 0.4) is 0 Å². The number of hydrogen-bond acceptors (Lipinski definition) is 5. The van der Waals surface area contributed by atoms with Crippen LogP contribution in [0.2, 0.25) is 0 Å². The van der Waals surface area contributed by atoms with Gasteiger partial charge in [0.15, 0.2) is 0 Å². The maximum atomic E-state index is 13.2. The normalized spacial score (nSPS) is 18.5. The zero-order valence-electron chi connectivity index (χ0n) is 17.9. The Labute approximate surface area is 178 Å². The summed E-state index contributed by atoms with van der Waals surface area (Å²) in [5.74, 6) is 0.945. The van der Waals surface area contributed by atoms with Crippen molar-refractivity contribution in [3.63, 3.8) is 0 Å². The van der Waals surface area contributed by atoms with Crippen LogP contribution in [0.1, 0.15) is 38.8 Å². The minimum Gasteiger partial charge on any atom is -0.497 e. The predicted molar refractivity (Wildman–Crippen MR) is 116 cm³/mol. The third-order valence-electron chi connectivity index (χ3n) is 5.09. The second kappa shape index (κ2) is 8.18. The Balaban J connectivity index is 1.91. The molecule has 0 spiro atoms. The van der Waals surface area contributed by atoms with Gasteiger partial charge in [0, 0.05) is 12.0 Å². The van der Waals surface area contributed by atoms with E-state index in [4.69, 9.17) is 9.47 Å². The fourth-order valence-electron chi connectivity index (χ4n) is 3.76. The Bertz CT molecular complexity index is 1020. The van der Waals surface area contributed by atoms with E-state index in [0.29, 0.717) is 23.6 Å². The molecule has 0 bridgehead atoms. The Morgan fingerprint density at radius 3 is 2.50 bits per heavy atom. The van der Waals surface area contributed by atoms with Crippen molar-refractivity contribution in [3.05, 3.63) is 54.1 Å². The minimum absolute atomic E-state index is 0.342. The Morgan fingerprint density at radius 2 is 1.90 bits per heavy atom. The van der Waals surface area contributed by atoms with E-state index < -0.39 is 21.7 Å². The van der Waals surface area contributed by atoms with Crippen molar-refractivity contribution in [2.45, 2.75) is 44.9 Å². The van der Waals surface area contributed by atoms with Gasteiger partial charge < -0.3 is 14.8 Å². The van der Waals surface area contributed by atoms with Gasteiger partial charge in [-0.15, -0.1) is 0 Å². The van der Waals surface area contributed by atoms with E-state index in [1.165, 1.54) is 0 Å². The molecule has 0 saturated carbocycles. The van der Waals surface area contributed by atoms with Gasteiger partial charge >= 0.3 is 0 Å². The largest absolute Gasteiger partial charge is 0.497 e. The van der Waals surface area contributed by atoms with Crippen LogP contribution < -0.4 is 19.1 Å². The molecule has 162 valence electrons. The lowest BCUT2D eigenvalue weighted by Gasteiger charge is -2.39. The van der Waals surface area contributed by atoms with Gasteiger partial charge in [0.25, 0.3) is 0 Å². The zero-order chi connectivity index (χ0) is 22.1. The van der Waals surface area contributed by atoms with Crippen LogP contribution in [0.15, 0.2) is 48.5 Å². The summed E-state index contributed by atoms with van der Waals surface area (Å²) in [5.41, 5.74) is 0.760. The number of ether oxygens (including phenoxy) is 2. The predicted octanol–water partition coefficient (Wildman–Crippen LogP) is 3.27. The molecular weight excluding hydrogens is 404 g/mol. The molecule has 1 aliphatic heterocycles. The van der Waals surface area contributed by atoms with Gasteiger partial charge in [-0.1, -0.05) is 18.2 Å². The summed E-state index contributed by atoms with van der Waals surface area (Å²) in [6, 6.07) is 12.8.